The molecule has 0 spiro atoms. The van der Waals surface area contributed by atoms with Crippen LogP contribution >= 0.6 is 11.6 Å². The summed E-state index contributed by atoms with van der Waals surface area (Å²) in [6, 6.07) is 18.1. The fourth-order valence-corrected chi connectivity index (χ4v) is 2.77. The summed E-state index contributed by atoms with van der Waals surface area (Å²) in [7, 11) is 0. The van der Waals surface area contributed by atoms with Gasteiger partial charge in [0.15, 0.2) is 0 Å². The molecule has 132 valence electrons. The van der Waals surface area contributed by atoms with E-state index >= 15 is 0 Å². The first-order valence-electron chi connectivity index (χ1n) is 8.41. The largest absolute Gasteiger partial charge is 0.322 e. The normalized spacial score (nSPS) is 10.5. The Balaban J connectivity index is 1.80. The average molecular weight is 367 g/mol. The van der Waals surface area contributed by atoms with Crippen molar-refractivity contribution in [1.82, 2.24) is 4.57 Å². The number of hydrogen-bond donors (Lipinski definition) is 1. The highest BCUT2D eigenvalue weighted by Crippen LogP contribution is 2.12. The van der Waals surface area contributed by atoms with E-state index in [9.17, 15) is 9.59 Å². The zero-order chi connectivity index (χ0) is 18.5. The number of carbonyl (C=O) groups is 1. The summed E-state index contributed by atoms with van der Waals surface area (Å²) in [6.07, 6.45) is 2.60. The Morgan fingerprint density at radius 2 is 1.65 bits per heavy atom. The van der Waals surface area contributed by atoms with Crippen molar-refractivity contribution >= 4 is 23.2 Å². The molecule has 5 heteroatoms. The van der Waals surface area contributed by atoms with Crippen molar-refractivity contribution < 1.29 is 4.79 Å². The second kappa shape index (κ2) is 8.02. The van der Waals surface area contributed by atoms with Crippen LogP contribution in [-0.2, 0) is 13.0 Å². The van der Waals surface area contributed by atoms with E-state index in [2.05, 4.69) is 12.2 Å². The van der Waals surface area contributed by atoms with Crippen LogP contribution in [0.4, 0.5) is 5.69 Å². The van der Waals surface area contributed by atoms with E-state index in [0.717, 1.165) is 12.0 Å². The first-order valence-corrected chi connectivity index (χ1v) is 8.79. The van der Waals surface area contributed by atoms with Gasteiger partial charge in [0, 0.05) is 16.9 Å². The third kappa shape index (κ3) is 4.21. The number of pyridine rings is 1. The zero-order valence-corrected chi connectivity index (χ0v) is 15.2. The fourth-order valence-electron chi connectivity index (χ4n) is 2.64. The molecule has 1 N–H and O–H groups in total. The molecule has 4 nitrogen and oxygen atoms in total. The predicted molar refractivity (Wildman–Crippen MR) is 105 cm³/mol. The Bertz CT molecular complexity index is 961. The minimum atomic E-state index is -0.412. The number of halogens is 1. The highest BCUT2D eigenvalue weighted by atomic mass is 35.5. The molecular formula is C21H19ClN2O2. The van der Waals surface area contributed by atoms with Crippen LogP contribution in [0.1, 0.15) is 28.4 Å². The van der Waals surface area contributed by atoms with Gasteiger partial charge in [-0.1, -0.05) is 42.8 Å². The van der Waals surface area contributed by atoms with Crippen molar-refractivity contribution in [3.05, 3.63) is 98.9 Å². The van der Waals surface area contributed by atoms with Crippen LogP contribution in [0.3, 0.4) is 0 Å². The quantitative estimate of drug-likeness (QED) is 0.729. The highest BCUT2D eigenvalue weighted by Gasteiger charge is 2.12. The van der Waals surface area contributed by atoms with Gasteiger partial charge in [-0.25, -0.2) is 0 Å². The first kappa shape index (κ1) is 18.0. The molecule has 26 heavy (non-hydrogen) atoms. The van der Waals surface area contributed by atoms with Crippen LogP contribution < -0.4 is 10.9 Å². The van der Waals surface area contributed by atoms with Crippen molar-refractivity contribution in [2.75, 3.05) is 5.32 Å². The Morgan fingerprint density at radius 1 is 1.00 bits per heavy atom. The molecule has 0 aliphatic rings. The minimum Gasteiger partial charge on any atom is -0.322 e. The Hall–Kier alpha value is -2.85. The van der Waals surface area contributed by atoms with Crippen LogP contribution in [0.25, 0.3) is 0 Å². The van der Waals surface area contributed by atoms with Crippen LogP contribution in [-0.4, -0.2) is 10.5 Å². The summed E-state index contributed by atoms with van der Waals surface area (Å²) in [6.45, 7) is 2.45. The lowest BCUT2D eigenvalue weighted by Crippen LogP contribution is -2.29. The molecule has 2 aromatic carbocycles. The summed E-state index contributed by atoms with van der Waals surface area (Å²) in [5.74, 6) is -0.412. The lowest BCUT2D eigenvalue weighted by molar-refractivity contribution is 0.102. The van der Waals surface area contributed by atoms with E-state index in [1.165, 1.54) is 16.2 Å². The zero-order valence-electron chi connectivity index (χ0n) is 14.4. The summed E-state index contributed by atoms with van der Waals surface area (Å²) >= 11 is 5.89. The van der Waals surface area contributed by atoms with E-state index in [4.69, 9.17) is 11.6 Å². The summed E-state index contributed by atoms with van der Waals surface area (Å²) in [5.41, 5.74) is 2.57. The smallest absolute Gasteiger partial charge is 0.263 e. The molecule has 0 unspecified atom stereocenters. The molecule has 3 aromatic rings. The monoisotopic (exact) mass is 366 g/mol. The SMILES string of the molecule is CCc1ccc(NC(=O)c2cccn(Cc3ccc(Cl)cc3)c2=O)cc1. The van der Waals surface area contributed by atoms with E-state index in [0.29, 0.717) is 17.3 Å². The Kier molecular flexibility index (Phi) is 5.54. The highest BCUT2D eigenvalue weighted by molar-refractivity contribution is 6.30. The van der Waals surface area contributed by atoms with E-state index in [-0.39, 0.29) is 11.1 Å². The van der Waals surface area contributed by atoms with Crippen molar-refractivity contribution in [2.24, 2.45) is 0 Å². The van der Waals surface area contributed by atoms with Crippen LogP contribution in [0.2, 0.25) is 5.02 Å². The maximum atomic E-state index is 12.6. The molecule has 0 radical (unpaired) electrons. The number of nitrogens with zero attached hydrogens (tertiary/aromatic N) is 1. The van der Waals surface area contributed by atoms with Gasteiger partial charge in [-0.05, 0) is 53.9 Å². The number of amides is 1. The number of nitrogens with one attached hydrogen (secondary N) is 1. The van der Waals surface area contributed by atoms with Crippen molar-refractivity contribution in [3.63, 3.8) is 0 Å². The molecule has 0 bridgehead atoms. The second-order valence-corrected chi connectivity index (χ2v) is 6.42. The third-order valence-electron chi connectivity index (χ3n) is 4.15. The van der Waals surface area contributed by atoms with Crippen LogP contribution in [0.5, 0.6) is 0 Å². The number of carbonyl (C=O) groups excluding carboxylic acids is 1. The van der Waals surface area contributed by atoms with Crippen LogP contribution in [0, 0.1) is 0 Å². The van der Waals surface area contributed by atoms with Gasteiger partial charge in [0.2, 0.25) is 0 Å². The molecule has 0 atom stereocenters. The molecule has 1 heterocycles. The summed E-state index contributed by atoms with van der Waals surface area (Å²) in [5, 5.41) is 3.42. The molecule has 3 rings (SSSR count). The van der Waals surface area contributed by atoms with E-state index in [1.54, 1.807) is 24.4 Å². The summed E-state index contributed by atoms with van der Waals surface area (Å²) in [4.78, 5) is 25.1. The van der Waals surface area contributed by atoms with Crippen LogP contribution in [0.15, 0.2) is 71.7 Å². The van der Waals surface area contributed by atoms with Crippen molar-refractivity contribution in [1.29, 1.82) is 0 Å². The fraction of sp³-hybridized carbons (Fsp3) is 0.143. The number of hydrogen-bond acceptors (Lipinski definition) is 2. The minimum absolute atomic E-state index is 0.112. The van der Waals surface area contributed by atoms with Crippen molar-refractivity contribution in [2.45, 2.75) is 19.9 Å². The van der Waals surface area contributed by atoms with Crippen molar-refractivity contribution in [3.8, 4) is 0 Å². The molecule has 1 aromatic heterocycles. The average Bonchev–Trinajstić information content (AvgIpc) is 2.66. The number of aryl methyl sites for hydroxylation is 1. The van der Waals surface area contributed by atoms with Gasteiger partial charge in [0.1, 0.15) is 5.56 Å². The lowest BCUT2D eigenvalue weighted by atomic mass is 10.1. The lowest BCUT2D eigenvalue weighted by Gasteiger charge is -2.09. The van der Waals surface area contributed by atoms with Gasteiger partial charge in [0.05, 0.1) is 6.54 Å². The topological polar surface area (TPSA) is 51.1 Å². The molecule has 0 aliphatic carbocycles. The Labute approximate surface area is 157 Å². The summed E-state index contributed by atoms with van der Waals surface area (Å²) < 4.78 is 1.51. The molecule has 0 saturated heterocycles. The first-order chi connectivity index (χ1) is 12.6. The number of rotatable bonds is 5. The van der Waals surface area contributed by atoms with E-state index < -0.39 is 5.91 Å². The third-order valence-corrected chi connectivity index (χ3v) is 4.40. The number of anilines is 1. The number of aromatic nitrogens is 1. The van der Waals surface area contributed by atoms with Gasteiger partial charge < -0.3 is 9.88 Å². The van der Waals surface area contributed by atoms with Gasteiger partial charge in [-0.2, -0.15) is 0 Å². The maximum absolute atomic E-state index is 12.6. The van der Waals surface area contributed by atoms with Gasteiger partial charge >= 0.3 is 0 Å². The molecule has 0 fully saturated rings. The molecule has 0 aliphatic heterocycles. The van der Waals surface area contributed by atoms with Gasteiger partial charge in [-0.15, -0.1) is 0 Å². The standard InChI is InChI=1S/C21H19ClN2O2/c1-2-15-7-11-18(12-8-15)23-20(25)19-4-3-13-24(21(19)26)14-16-5-9-17(22)10-6-16/h3-13H,2,14H2,1H3,(H,23,25). The van der Waals surface area contributed by atoms with Gasteiger partial charge in [-0.3, -0.25) is 9.59 Å². The second-order valence-electron chi connectivity index (χ2n) is 5.99. The Morgan fingerprint density at radius 3 is 2.31 bits per heavy atom. The van der Waals surface area contributed by atoms with E-state index in [1.807, 2.05) is 36.4 Å². The molecular weight excluding hydrogens is 348 g/mol. The maximum Gasteiger partial charge on any atom is 0.263 e. The predicted octanol–water partition coefficient (Wildman–Crippen LogP) is 4.36. The number of benzene rings is 2. The molecule has 0 saturated carbocycles. The van der Waals surface area contributed by atoms with Gasteiger partial charge in [0.25, 0.3) is 11.5 Å². The molecule has 1 amide bonds.